The summed E-state index contributed by atoms with van der Waals surface area (Å²) in [6.07, 6.45) is 1.81. The molecule has 0 saturated heterocycles. The number of Topliss-reactive ketones (excluding diaryl/α,β-unsaturated/α-hetero) is 1. The Morgan fingerprint density at radius 3 is 2.14 bits per heavy atom. The lowest BCUT2D eigenvalue weighted by molar-refractivity contribution is -0.147. The van der Waals surface area contributed by atoms with Gasteiger partial charge in [-0.1, -0.05) is 20.8 Å². The average molecular weight is 200 g/mol. The first kappa shape index (κ1) is 13.1. The van der Waals surface area contributed by atoms with Crippen LogP contribution in [0.5, 0.6) is 0 Å². The lowest BCUT2D eigenvalue weighted by Gasteiger charge is -2.13. The Kier molecular flexibility index (Phi) is 6.17. The van der Waals surface area contributed by atoms with Gasteiger partial charge in [-0.25, -0.2) is 0 Å². The lowest BCUT2D eigenvalue weighted by atomic mass is 9.92. The van der Waals surface area contributed by atoms with Gasteiger partial charge in [0.15, 0.2) is 0 Å². The van der Waals surface area contributed by atoms with Crippen molar-refractivity contribution >= 4 is 11.8 Å². The number of methoxy groups -OCH3 is 1. The maximum absolute atomic E-state index is 11.6. The van der Waals surface area contributed by atoms with Crippen LogP contribution in [0.25, 0.3) is 0 Å². The maximum Gasteiger partial charge on any atom is 0.309 e. The SMILES string of the molecule is CC[C@H](CC(=O)[C@@H](C)CC)C(=O)OC. The average Bonchev–Trinajstić information content (AvgIpc) is 2.22. The van der Waals surface area contributed by atoms with Gasteiger partial charge < -0.3 is 4.74 Å². The second-order valence-corrected chi connectivity index (χ2v) is 3.61. The van der Waals surface area contributed by atoms with Crippen LogP contribution in [0.2, 0.25) is 0 Å². The summed E-state index contributed by atoms with van der Waals surface area (Å²) in [5.74, 6) is -0.330. The fourth-order valence-electron chi connectivity index (χ4n) is 1.23. The molecule has 0 radical (unpaired) electrons. The van der Waals surface area contributed by atoms with Crippen LogP contribution in [-0.4, -0.2) is 18.9 Å². The molecule has 0 amide bonds. The summed E-state index contributed by atoms with van der Waals surface area (Å²) in [5, 5.41) is 0. The van der Waals surface area contributed by atoms with Crippen molar-refractivity contribution in [1.29, 1.82) is 0 Å². The van der Waals surface area contributed by atoms with Crippen LogP contribution in [0.3, 0.4) is 0 Å². The molecule has 0 spiro atoms. The zero-order chi connectivity index (χ0) is 11.1. The van der Waals surface area contributed by atoms with E-state index < -0.39 is 0 Å². The molecule has 0 unspecified atom stereocenters. The van der Waals surface area contributed by atoms with Crippen LogP contribution < -0.4 is 0 Å². The van der Waals surface area contributed by atoms with Crippen molar-refractivity contribution in [2.24, 2.45) is 11.8 Å². The predicted octanol–water partition coefficient (Wildman–Crippen LogP) is 2.19. The van der Waals surface area contributed by atoms with Gasteiger partial charge in [0.25, 0.3) is 0 Å². The summed E-state index contributed by atoms with van der Waals surface area (Å²) in [4.78, 5) is 22.8. The quantitative estimate of drug-likeness (QED) is 0.617. The molecule has 0 aromatic heterocycles. The summed E-state index contributed by atoms with van der Waals surface area (Å²) in [6.45, 7) is 5.76. The normalized spacial score (nSPS) is 14.6. The van der Waals surface area contributed by atoms with Crippen molar-refractivity contribution in [1.82, 2.24) is 0 Å². The van der Waals surface area contributed by atoms with Gasteiger partial charge in [-0.05, 0) is 12.8 Å². The Labute approximate surface area is 85.8 Å². The Balaban J connectivity index is 4.18. The van der Waals surface area contributed by atoms with Crippen molar-refractivity contribution in [2.45, 2.75) is 40.0 Å². The number of hydrogen-bond donors (Lipinski definition) is 0. The van der Waals surface area contributed by atoms with Crippen LogP contribution in [0.1, 0.15) is 40.0 Å². The third kappa shape index (κ3) is 3.90. The maximum atomic E-state index is 11.6. The Bertz CT molecular complexity index is 199. The van der Waals surface area contributed by atoms with Gasteiger partial charge in [-0.2, -0.15) is 0 Å². The summed E-state index contributed by atoms with van der Waals surface area (Å²) in [6, 6.07) is 0. The van der Waals surface area contributed by atoms with Gasteiger partial charge in [0, 0.05) is 12.3 Å². The van der Waals surface area contributed by atoms with Crippen molar-refractivity contribution in [3.63, 3.8) is 0 Å². The topological polar surface area (TPSA) is 43.4 Å². The fourth-order valence-corrected chi connectivity index (χ4v) is 1.23. The van der Waals surface area contributed by atoms with Gasteiger partial charge in [-0.15, -0.1) is 0 Å². The monoisotopic (exact) mass is 200 g/mol. The second-order valence-electron chi connectivity index (χ2n) is 3.61. The number of carbonyl (C=O) groups excluding carboxylic acids is 2. The number of esters is 1. The first-order chi connectivity index (χ1) is 6.56. The highest BCUT2D eigenvalue weighted by molar-refractivity contribution is 5.85. The molecule has 3 heteroatoms. The zero-order valence-electron chi connectivity index (χ0n) is 9.50. The largest absolute Gasteiger partial charge is 0.469 e. The molecule has 0 aliphatic carbocycles. The minimum absolute atomic E-state index is 0.0497. The highest BCUT2D eigenvalue weighted by atomic mass is 16.5. The number of ether oxygens (including phenoxy) is 1. The predicted molar refractivity (Wildman–Crippen MR) is 54.9 cm³/mol. The number of hydrogen-bond acceptors (Lipinski definition) is 3. The first-order valence-corrected chi connectivity index (χ1v) is 5.17. The minimum Gasteiger partial charge on any atom is -0.469 e. The third-order valence-electron chi connectivity index (χ3n) is 2.64. The number of ketones is 1. The standard InChI is InChI=1S/C11H20O3/c1-5-8(3)10(12)7-9(6-2)11(13)14-4/h8-9H,5-7H2,1-4H3/t8-,9+/m0/s1. The third-order valence-corrected chi connectivity index (χ3v) is 2.64. The van der Waals surface area contributed by atoms with E-state index in [2.05, 4.69) is 4.74 Å². The molecular formula is C11H20O3. The zero-order valence-corrected chi connectivity index (χ0v) is 9.50. The van der Waals surface area contributed by atoms with Gasteiger partial charge in [0.2, 0.25) is 0 Å². The van der Waals surface area contributed by atoms with E-state index in [4.69, 9.17) is 0 Å². The highest BCUT2D eigenvalue weighted by Crippen LogP contribution is 2.15. The van der Waals surface area contributed by atoms with Crippen molar-refractivity contribution in [3.05, 3.63) is 0 Å². The highest BCUT2D eigenvalue weighted by Gasteiger charge is 2.22. The van der Waals surface area contributed by atoms with Crippen molar-refractivity contribution < 1.29 is 14.3 Å². The molecule has 0 aromatic rings. The second kappa shape index (κ2) is 6.57. The van der Waals surface area contributed by atoms with E-state index in [0.717, 1.165) is 6.42 Å². The molecule has 2 atom stereocenters. The van der Waals surface area contributed by atoms with E-state index in [9.17, 15) is 9.59 Å². The molecule has 0 fully saturated rings. The van der Waals surface area contributed by atoms with Gasteiger partial charge in [0.1, 0.15) is 5.78 Å². The molecule has 0 N–H and O–H groups in total. The Morgan fingerprint density at radius 2 is 1.79 bits per heavy atom. The van der Waals surface area contributed by atoms with Gasteiger partial charge in [0.05, 0.1) is 13.0 Å². The van der Waals surface area contributed by atoms with E-state index in [1.54, 1.807) is 0 Å². The Morgan fingerprint density at radius 1 is 1.21 bits per heavy atom. The molecule has 0 aliphatic rings. The van der Waals surface area contributed by atoms with Crippen LogP contribution in [0.4, 0.5) is 0 Å². The summed E-state index contributed by atoms with van der Waals surface area (Å²) in [5.41, 5.74) is 0. The lowest BCUT2D eigenvalue weighted by Crippen LogP contribution is -2.22. The first-order valence-electron chi connectivity index (χ1n) is 5.17. The van der Waals surface area contributed by atoms with Crippen LogP contribution in [0.15, 0.2) is 0 Å². The fraction of sp³-hybridized carbons (Fsp3) is 0.818. The minimum atomic E-state index is -0.274. The molecule has 0 rings (SSSR count). The number of carbonyl (C=O) groups is 2. The van der Waals surface area contributed by atoms with E-state index >= 15 is 0 Å². The molecule has 3 nitrogen and oxygen atoms in total. The van der Waals surface area contributed by atoms with Crippen molar-refractivity contribution in [2.75, 3.05) is 7.11 Å². The van der Waals surface area contributed by atoms with E-state index in [1.165, 1.54) is 7.11 Å². The van der Waals surface area contributed by atoms with Crippen LogP contribution in [-0.2, 0) is 14.3 Å². The van der Waals surface area contributed by atoms with Crippen LogP contribution in [0, 0.1) is 11.8 Å². The van der Waals surface area contributed by atoms with Gasteiger partial charge >= 0.3 is 5.97 Å². The molecule has 0 bridgehead atoms. The smallest absolute Gasteiger partial charge is 0.309 e. The van der Waals surface area contributed by atoms with E-state index in [-0.39, 0.29) is 23.6 Å². The molecular weight excluding hydrogens is 180 g/mol. The molecule has 82 valence electrons. The molecule has 0 aliphatic heterocycles. The van der Waals surface area contributed by atoms with E-state index in [0.29, 0.717) is 12.8 Å². The summed E-state index contributed by atoms with van der Waals surface area (Å²) < 4.78 is 4.63. The van der Waals surface area contributed by atoms with E-state index in [1.807, 2.05) is 20.8 Å². The molecule has 14 heavy (non-hydrogen) atoms. The summed E-state index contributed by atoms with van der Waals surface area (Å²) >= 11 is 0. The number of rotatable bonds is 6. The molecule has 0 aromatic carbocycles. The molecule has 0 saturated carbocycles. The van der Waals surface area contributed by atoms with Gasteiger partial charge in [-0.3, -0.25) is 9.59 Å². The summed E-state index contributed by atoms with van der Waals surface area (Å²) in [7, 11) is 1.36. The van der Waals surface area contributed by atoms with Crippen molar-refractivity contribution in [3.8, 4) is 0 Å². The molecule has 0 heterocycles. The van der Waals surface area contributed by atoms with Crippen LogP contribution >= 0.6 is 0 Å². The Hall–Kier alpha value is -0.860.